The van der Waals surface area contributed by atoms with Crippen LogP contribution < -0.4 is 0 Å². The van der Waals surface area contributed by atoms with Crippen LogP contribution in [0.2, 0.25) is 0 Å². The van der Waals surface area contributed by atoms with Crippen LogP contribution in [0.3, 0.4) is 0 Å². The summed E-state index contributed by atoms with van der Waals surface area (Å²) in [7, 11) is 0. The Bertz CT molecular complexity index is 1850. The van der Waals surface area contributed by atoms with Crippen molar-refractivity contribution in [2.45, 2.75) is 90.5 Å². The first-order chi connectivity index (χ1) is 23.2. The average molecular weight is 669 g/mol. The van der Waals surface area contributed by atoms with Gasteiger partial charge in [0.25, 0.3) is 0 Å². The average Bonchev–Trinajstić information content (AvgIpc) is 3.85. The summed E-state index contributed by atoms with van der Waals surface area (Å²) in [6, 6.07) is 12.5. The van der Waals surface area contributed by atoms with Crippen molar-refractivity contribution in [1.29, 1.82) is 0 Å². The second-order valence-electron chi connectivity index (χ2n) is 14.7. The van der Waals surface area contributed by atoms with Gasteiger partial charge in [-0.15, -0.1) is 0 Å². The third kappa shape index (κ3) is 7.48. The first-order valence-electron chi connectivity index (χ1n) is 16.7. The Balaban J connectivity index is 1.19. The molecule has 0 aliphatic carbocycles. The lowest BCUT2D eigenvalue weighted by Gasteiger charge is -2.27. The number of amides is 2. The second kappa shape index (κ2) is 13.1. The van der Waals surface area contributed by atoms with Crippen molar-refractivity contribution in [3.8, 4) is 33.6 Å². The number of carboxylic acids is 1. The number of nitrogens with one attached hydrogen (secondary N) is 2. The predicted molar refractivity (Wildman–Crippen MR) is 184 cm³/mol. The molecule has 12 nitrogen and oxygen atoms in total. The maximum atomic E-state index is 12.8. The molecule has 2 fully saturated rings. The van der Waals surface area contributed by atoms with Gasteiger partial charge >= 0.3 is 18.2 Å². The molecular formula is C37H44N6O6. The molecule has 2 saturated heterocycles. The number of carboxylic acid groups (broad SMARTS) is 1. The molecule has 258 valence electrons. The Morgan fingerprint density at radius 3 is 1.63 bits per heavy atom. The molecule has 2 amide bonds. The molecular weight excluding hydrogens is 624 g/mol. The molecule has 2 aromatic carbocycles. The van der Waals surface area contributed by atoms with Crippen LogP contribution in [0.25, 0.3) is 33.6 Å². The predicted octanol–water partition coefficient (Wildman–Crippen LogP) is 7.98. The Morgan fingerprint density at radius 1 is 0.714 bits per heavy atom. The fourth-order valence-corrected chi connectivity index (χ4v) is 6.46. The van der Waals surface area contributed by atoms with Gasteiger partial charge in [0.1, 0.15) is 22.9 Å². The van der Waals surface area contributed by atoms with Gasteiger partial charge in [0.2, 0.25) is 0 Å². The number of hydrogen-bond donors (Lipinski definition) is 3. The van der Waals surface area contributed by atoms with E-state index < -0.39 is 17.2 Å². The molecule has 2 aliphatic rings. The zero-order chi connectivity index (χ0) is 35.1. The van der Waals surface area contributed by atoms with Gasteiger partial charge in [0, 0.05) is 18.7 Å². The smallest absolute Gasteiger partial charge is 0.410 e. The van der Waals surface area contributed by atoms with Crippen LogP contribution in [-0.4, -0.2) is 77.3 Å². The second-order valence-corrected chi connectivity index (χ2v) is 14.7. The van der Waals surface area contributed by atoms with Crippen LogP contribution in [0, 0.1) is 0 Å². The molecule has 49 heavy (non-hydrogen) atoms. The largest absolute Gasteiger partial charge is 0.478 e. The third-order valence-electron chi connectivity index (χ3n) is 8.65. The highest BCUT2D eigenvalue weighted by molar-refractivity contribution is 5.97. The molecule has 0 bridgehead atoms. The maximum Gasteiger partial charge on any atom is 0.410 e. The number of aromatic amines is 2. The van der Waals surface area contributed by atoms with E-state index in [1.165, 1.54) is 0 Å². The van der Waals surface area contributed by atoms with Crippen LogP contribution in [0.1, 0.15) is 101 Å². The highest BCUT2D eigenvalue weighted by Crippen LogP contribution is 2.36. The summed E-state index contributed by atoms with van der Waals surface area (Å²) in [6.45, 7) is 12.3. The van der Waals surface area contributed by atoms with Gasteiger partial charge in [-0.1, -0.05) is 36.4 Å². The lowest BCUT2D eigenvalue weighted by molar-refractivity contribution is 0.0208. The number of aromatic nitrogens is 4. The fraction of sp³-hybridized carbons (Fsp3) is 0.432. The highest BCUT2D eigenvalue weighted by atomic mass is 16.6. The monoisotopic (exact) mass is 668 g/mol. The topological polar surface area (TPSA) is 154 Å². The molecule has 2 atom stereocenters. The van der Waals surface area contributed by atoms with Crippen LogP contribution in [0.4, 0.5) is 9.59 Å². The van der Waals surface area contributed by atoms with E-state index in [0.29, 0.717) is 41.6 Å². The fourth-order valence-electron chi connectivity index (χ4n) is 6.46. The molecule has 3 N–H and O–H groups in total. The summed E-state index contributed by atoms with van der Waals surface area (Å²) in [5, 5.41) is 10.2. The molecule has 2 aliphatic heterocycles. The van der Waals surface area contributed by atoms with E-state index in [4.69, 9.17) is 9.47 Å². The first-order valence-corrected chi connectivity index (χ1v) is 16.7. The van der Waals surface area contributed by atoms with E-state index in [1.54, 1.807) is 34.3 Å². The van der Waals surface area contributed by atoms with Gasteiger partial charge < -0.3 is 24.5 Å². The van der Waals surface area contributed by atoms with Crippen LogP contribution in [-0.2, 0) is 9.47 Å². The number of H-pyrrole nitrogens is 2. The minimum absolute atomic E-state index is 0.157. The van der Waals surface area contributed by atoms with Crippen LogP contribution >= 0.6 is 0 Å². The van der Waals surface area contributed by atoms with Crippen molar-refractivity contribution in [3.63, 3.8) is 0 Å². The number of carbonyl (C=O) groups is 3. The number of imidazole rings is 2. The number of nitrogens with zero attached hydrogens (tertiary/aromatic N) is 4. The van der Waals surface area contributed by atoms with Gasteiger partial charge in [0.15, 0.2) is 0 Å². The number of rotatable bonds is 6. The van der Waals surface area contributed by atoms with E-state index in [-0.39, 0.29) is 29.8 Å². The summed E-state index contributed by atoms with van der Waals surface area (Å²) in [4.78, 5) is 57.4. The van der Waals surface area contributed by atoms with Crippen molar-refractivity contribution in [2.75, 3.05) is 13.1 Å². The molecule has 4 aromatic rings. The summed E-state index contributed by atoms with van der Waals surface area (Å²) >= 11 is 0. The summed E-state index contributed by atoms with van der Waals surface area (Å²) in [5.74, 6) is 0.304. The molecule has 0 radical (unpaired) electrons. The third-order valence-corrected chi connectivity index (χ3v) is 8.65. The van der Waals surface area contributed by atoms with Crippen LogP contribution in [0.5, 0.6) is 0 Å². The van der Waals surface area contributed by atoms with E-state index in [0.717, 1.165) is 42.5 Å². The Morgan fingerprint density at radius 2 is 1.16 bits per heavy atom. The Kier molecular flexibility index (Phi) is 9.00. The molecule has 0 spiro atoms. The number of hydrogen-bond acceptors (Lipinski definition) is 7. The van der Waals surface area contributed by atoms with Crippen molar-refractivity contribution in [1.82, 2.24) is 29.7 Å². The summed E-state index contributed by atoms with van der Waals surface area (Å²) in [5.41, 5.74) is 3.34. The lowest BCUT2D eigenvalue weighted by atomic mass is 9.95. The zero-order valence-electron chi connectivity index (χ0n) is 28.9. The first kappa shape index (κ1) is 33.8. The molecule has 0 saturated carbocycles. The molecule has 2 aromatic heterocycles. The Labute approximate surface area is 285 Å². The normalized spacial score (nSPS) is 18.2. The Hall–Kier alpha value is -5.13. The summed E-state index contributed by atoms with van der Waals surface area (Å²) < 4.78 is 11.2. The number of aromatic carboxylic acids is 1. The quantitative estimate of drug-likeness (QED) is 0.187. The lowest BCUT2D eigenvalue weighted by Crippen LogP contribution is -2.36. The van der Waals surface area contributed by atoms with E-state index in [9.17, 15) is 19.5 Å². The summed E-state index contributed by atoms with van der Waals surface area (Å²) in [6.07, 6.45) is 5.97. The van der Waals surface area contributed by atoms with Crippen LogP contribution in [0.15, 0.2) is 54.9 Å². The minimum atomic E-state index is -1.04. The molecule has 6 rings (SSSR count). The van der Waals surface area contributed by atoms with Gasteiger partial charge in [0.05, 0.1) is 41.4 Å². The molecule has 0 unspecified atom stereocenters. The minimum Gasteiger partial charge on any atom is -0.478 e. The van der Waals surface area contributed by atoms with Crippen molar-refractivity contribution < 1.29 is 29.0 Å². The van der Waals surface area contributed by atoms with Gasteiger partial charge in [-0.05, 0) is 90.0 Å². The highest BCUT2D eigenvalue weighted by Gasteiger charge is 2.36. The standard InChI is InChI=1S/C37H44N6O6/c1-36(2,3)48-34(46)42-17-7-9-29(42)31-38-20-27(40-31)23-13-11-22(12-14-23)25-16-15-24(19-26(25)33(44)45)28-21-39-32(41-28)30-10-8-18-43(30)35(47)49-37(4,5)6/h11-16,19-21,29-30H,7-10,17-18H2,1-6H3,(H,38,40)(H,39,41)(H,44,45)/t29-,30-/m0/s1. The van der Waals surface area contributed by atoms with E-state index >= 15 is 0 Å². The molecule has 4 heterocycles. The van der Waals surface area contributed by atoms with Gasteiger partial charge in [-0.25, -0.2) is 24.4 Å². The van der Waals surface area contributed by atoms with Crippen molar-refractivity contribution in [3.05, 3.63) is 72.1 Å². The zero-order valence-corrected chi connectivity index (χ0v) is 28.9. The number of carbonyl (C=O) groups excluding carboxylic acids is 2. The SMILES string of the molecule is CC(C)(C)OC(=O)N1CCC[C@H]1c1ncc(-c2ccc(-c3ccc(-c4cnc([C@@H]5CCCN5C(=O)OC(C)(C)C)[nH]4)cc3C(=O)O)cc2)[nH]1. The number of benzene rings is 2. The van der Waals surface area contributed by atoms with Gasteiger partial charge in [-0.3, -0.25) is 9.80 Å². The number of ether oxygens (including phenoxy) is 2. The van der Waals surface area contributed by atoms with E-state index in [1.807, 2.05) is 71.9 Å². The number of likely N-dealkylation sites (tertiary alicyclic amines) is 2. The molecule has 12 heteroatoms. The van der Waals surface area contributed by atoms with E-state index in [2.05, 4.69) is 19.9 Å². The van der Waals surface area contributed by atoms with Gasteiger partial charge in [-0.2, -0.15) is 0 Å². The maximum absolute atomic E-state index is 12.8. The van der Waals surface area contributed by atoms with Crippen molar-refractivity contribution >= 4 is 18.2 Å². The van der Waals surface area contributed by atoms with Crippen molar-refractivity contribution in [2.24, 2.45) is 0 Å².